The second kappa shape index (κ2) is 12.0. The van der Waals surface area contributed by atoms with E-state index in [9.17, 15) is 9.90 Å². The number of amides is 24. The second-order valence-electron chi connectivity index (χ2n) is 22.1. The molecule has 0 aromatic heterocycles. The van der Waals surface area contributed by atoms with E-state index < -0.39 is 239 Å². The first-order valence-electron chi connectivity index (χ1n) is 24.8. The molecule has 0 aliphatic carbocycles. The van der Waals surface area contributed by atoms with Crippen molar-refractivity contribution in [1.82, 2.24) is 118 Å². The molecule has 1 N–H and O–H groups in total. The van der Waals surface area contributed by atoms with E-state index in [2.05, 4.69) is 0 Å². The van der Waals surface area contributed by atoms with Gasteiger partial charge in [0.1, 0.15) is 86.6 Å². The molecule has 0 bridgehead atoms. The van der Waals surface area contributed by atoms with Gasteiger partial charge in [0.2, 0.25) is 0 Å². The van der Waals surface area contributed by atoms with Gasteiger partial charge in [-0.05, 0) is 0 Å². The Kier molecular flexibility index (Phi) is 6.40. The lowest BCUT2D eigenvalue weighted by molar-refractivity contribution is -0.236. The Bertz CT molecular complexity index is 2990. The van der Waals surface area contributed by atoms with Crippen LogP contribution < -0.4 is 0 Å². The summed E-state index contributed by atoms with van der Waals surface area (Å²) in [4.78, 5) is 225. The van der Waals surface area contributed by atoms with Gasteiger partial charge in [-0.3, -0.25) is 118 Å². The molecule has 0 aromatic carbocycles. The van der Waals surface area contributed by atoms with Crippen molar-refractivity contribution < 1.29 is 72.2 Å². The van der Waals surface area contributed by atoms with Gasteiger partial charge in [-0.2, -0.15) is 0 Å². The molecule has 24 amide bonds. The lowest BCUT2D eigenvalue weighted by atomic mass is 10.2. The van der Waals surface area contributed by atoms with Crippen LogP contribution in [0, 0.1) is 0 Å². The Morgan fingerprint density at radius 1 is 0.299 bits per heavy atom. The van der Waals surface area contributed by atoms with Gasteiger partial charge in [0.15, 0.2) is 67.8 Å². The lowest BCUT2D eigenvalue weighted by Gasteiger charge is -2.47. The average Bonchev–Trinajstić information content (AvgIpc) is 4.23. The summed E-state index contributed by atoms with van der Waals surface area (Å²) < 4.78 is 6.28. The van der Waals surface area contributed by atoms with Gasteiger partial charge < -0.3 is 9.84 Å². The molecule has 18 rings (SSSR count). The zero-order chi connectivity index (χ0) is 52.1. The van der Waals surface area contributed by atoms with E-state index >= 15 is 57.5 Å². The van der Waals surface area contributed by atoms with Gasteiger partial charge in [-0.1, -0.05) is 0 Å². The maximum absolute atomic E-state index is 15.5. The minimum atomic E-state index is -2.50. The van der Waals surface area contributed by atoms with Crippen molar-refractivity contribution in [2.24, 2.45) is 0 Å². The minimum Gasteiger partial charge on any atom is -0.480 e. The van der Waals surface area contributed by atoms with Gasteiger partial charge in [0.25, 0.3) is 5.85 Å². The quantitative estimate of drug-likeness (QED) is 0.275. The first-order valence-corrected chi connectivity index (χ1v) is 24.8. The Hall–Kier alpha value is -9.33. The normalized spacial score (nSPS) is 39.4. The maximum atomic E-state index is 15.5. The number of carbonyl (C=O) groups excluding carboxylic acids is 12. The first kappa shape index (κ1) is 41.0. The lowest BCUT2D eigenvalue weighted by Crippen LogP contribution is -2.69. The molecule has 77 heavy (non-hydrogen) atoms. The van der Waals surface area contributed by atoms with E-state index in [1.807, 2.05) is 0 Å². The smallest absolute Gasteiger partial charge is 0.329 e. The molecule has 39 heteroatoms. The standard InChI is InChI=1S/C38H38N24O15/c63-14(64)1-77-38-25-59-10-55-22-21-51(32(55)71)6-47-18-17-43(28(47)67)2-39-15-16-41(26(39)65)4-45-19-20-49(30(45)69)8-53-23-24(57(34(53)73)12-61(38)36(59)75)58-13-62(38)37(76)60(25)11-56(22)33(72)52(21)7-48(18)29(68)44(17)3-40(15)27(66)42(16)5-46(19)31(70)50(20)9-54(23)35(58)74/h15-25H,1-13H2,(H,63,64). The molecule has 0 unspecified atom stereocenters. The van der Waals surface area contributed by atoms with Crippen molar-refractivity contribution in [2.45, 2.75) is 73.7 Å². The predicted molar refractivity (Wildman–Crippen MR) is 225 cm³/mol. The van der Waals surface area contributed by atoms with Gasteiger partial charge in [-0.15, -0.1) is 0 Å². The summed E-state index contributed by atoms with van der Waals surface area (Å²) in [7, 11) is 0. The number of rotatable bonds is 3. The number of aliphatic carboxylic acids is 1. The van der Waals surface area contributed by atoms with E-state index in [0.717, 1.165) is 29.4 Å². The zero-order valence-electron chi connectivity index (χ0n) is 39.4. The third kappa shape index (κ3) is 3.92. The van der Waals surface area contributed by atoms with Gasteiger partial charge >= 0.3 is 78.3 Å². The number of urea groups is 12. The van der Waals surface area contributed by atoms with Crippen molar-refractivity contribution in [2.75, 3.05) is 86.6 Å². The van der Waals surface area contributed by atoms with Crippen molar-refractivity contribution in [3.05, 3.63) is 0 Å². The molecule has 18 aliphatic rings. The molecule has 18 saturated heterocycles. The average molecular weight is 1070 g/mol. The van der Waals surface area contributed by atoms with Crippen molar-refractivity contribution in [3.8, 4) is 0 Å². The van der Waals surface area contributed by atoms with Crippen LogP contribution in [0.1, 0.15) is 0 Å². The number of hydrogen-bond acceptors (Lipinski definition) is 14. The van der Waals surface area contributed by atoms with Crippen molar-refractivity contribution in [1.29, 1.82) is 0 Å². The minimum absolute atomic E-state index is 0.508. The highest BCUT2D eigenvalue weighted by Gasteiger charge is 2.79. The Morgan fingerprint density at radius 3 is 0.649 bits per heavy atom. The number of hydrogen-bond donors (Lipinski definition) is 1. The number of carboxylic acid groups (broad SMARTS) is 1. The fraction of sp³-hybridized carbons (Fsp3) is 0.658. The van der Waals surface area contributed by atoms with Crippen molar-refractivity contribution in [3.63, 3.8) is 0 Å². The summed E-state index contributed by atoms with van der Waals surface area (Å²) in [5, 5.41) is 10.2. The molecule has 0 atom stereocenters. The van der Waals surface area contributed by atoms with Crippen LogP contribution >= 0.6 is 0 Å². The van der Waals surface area contributed by atoms with Crippen LogP contribution in [0.4, 0.5) is 57.5 Å². The van der Waals surface area contributed by atoms with Crippen LogP contribution in [-0.2, 0) is 9.53 Å². The topological polar surface area (TPSA) is 329 Å². The van der Waals surface area contributed by atoms with E-state index in [0.29, 0.717) is 0 Å². The van der Waals surface area contributed by atoms with Gasteiger partial charge in [0, 0.05) is 0 Å². The molecule has 0 radical (unpaired) electrons. The number of carboxylic acids is 1. The molecule has 400 valence electrons. The summed E-state index contributed by atoms with van der Waals surface area (Å²) in [6.07, 6.45) is -14.3. The van der Waals surface area contributed by atoms with E-state index in [1.165, 1.54) is 88.2 Å². The molecule has 0 aromatic rings. The van der Waals surface area contributed by atoms with E-state index in [4.69, 9.17) is 4.74 Å². The molecule has 18 fully saturated rings. The van der Waals surface area contributed by atoms with Crippen molar-refractivity contribution >= 4 is 78.3 Å². The molecule has 0 spiro atoms. The van der Waals surface area contributed by atoms with Crippen LogP contribution in [0.25, 0.3) is 0 Å². The van der Waals surface area contributed by atoms with Crippen LogP contribution in [0.15, 0.2) is 0 Å². The Labute approximate surface area is 427 Å². The molecular formula is C38H38N24O15. The fourth-order valence-corrected chi connectivity index (χ4v) is 16.4. The van der Waals surface area contributed by atoms with Gasteiger partial charge in [-0.25, -0.2) is 62.3 Å². The number of carbonyl (C=O) groups is 13. The summed E-state index contributed by atoms with van der Waals surface area (Å²) in [5.41, 5.74) is 0. The highest BCUT2D eigenvalue weighted by Crippen LogP contribution is 2.54. The van der Waals surface area contributed by atoms with Crippen LogP contribution in [0.2, 0.25) is 0 Å². The maximum Gasteiger partial charge on any atom is 0.329 e. The molecule has 39 nitrogen and oxygen atoms in total. The van der Waals surface area contributed by atoms with E-state index in [-0.39, 0.29) is 0 Å². The summed E-state index contributed by atoms with van der Waals surface area (Å²) in [6, 6.07) is -9.43. The summed E-state index contributed by atoms with van der Waals surface area (Å²) in [6.45, 7) is -8.38. The number of ether oxygens (including phenoxy) is 1. The predicted octanol–water partition coefficient (Wildman–Crippen LogP) is -6.24. The molecule has 18 aliphatic heterocycles. The fourth-order valence-electron chi connectivity index (χ4n) is 16.4. The SMILES string of the molecule is O=C(O)COC12C3N4CN5C(=O)N6CN7C(=O)N8CN9C(=O)N%10CN%11C(=O)N%12CN%13C(=O)N(CN1C4=O)C1C%13N4CN%13C(=O)N(CN%14C(=O)N(CN%15C(=O)N(CN%16C(=O)N(CN3C(=O)N2CN1C4=O)C5C6%16)C7C8%15)C9C%10%14)C%11C%12%13. The largest absolute Gasteiger partial charge is 0.480 e. The monoisotopic (exact) mass is 1070 g/mol. The molecule has 0 saturated carbocycles. The second-order valence-corrected chi connectivity index (χ2v) is 22.1. The third-order valence-corrected chi connectivity index (χ3v) is 19.3. The summed E-state index contributed by atoms with van der Waals surface area (Å²) in [5.74, 6) is -4.04. The Balaban J connectivity index is 0.840. The van der Waals surface area contributed by atoms with Gasteiger partial charge in [0.05, 0.1) is 0 Å². The zero-order valence-corrected chi connectivity index (χ0v) is 39.4. The van der Waals surface area contributed by atoms with Crippen LogP contribution in [0.5, 0.6) is 0 Å². The first-order chi connectivity index (χ1) is 37.0. The van der Waals surface area contributed by atoms with Crippen LogP contribution in [0.3, 0.4) is 0 Å². The molecular weight excluding hydrogens is 1030 g/mol. The Morgan fingerprint density at radius 2 is 0.468 bits per heavy atom. The highest BCUT2D eigenvalue weighted by molar-refractivity contribution is 5.95. The third-order valence-electron chi connectivity index (χ3n) is 19.3. The summed E-state index contributed by atoms with van der Waals surface area (Å²) >= 11 is 0. The number of nitrogens with zero attached hydrogens (tertiary/aromatic N) is 24. The van der Waals surface area contributed by atoms with E-state index in [1.54, 1.807) is 0 Å². The van der Waals surface area contributed by atoms with Crippen LogP contribution in [-0.4, -0.2) is 361 Å². The molecule has 18 heterocycles. The highest BCUT2D eigenvalue weighted by atomic mass is 16.6.